The van der Waals surface area contributed by atoms with Gasteiger partial charge in [-0.05, 0) is 0 Å². The van der Waals surface area contributed by atoms with Crippen molar-refractivity contribution in [1.29, 1.82) is 0 Å². The first kappa shape index (κ1) is 8.85. The van der Waals surface area contributed by atoms with Gasteiger partial charge in [0.2, 0.25) is 0 Å². The van der Waals surface area contributed by atoms with Crippen LogP contribution in [0.5, 0.6) is 0 Å². The third-order valence-electron chi connectivity index (χ3n) is 1.69. The van der Waals surface area contributed by atoms with Crippen LogP contribution in [0.25, 0.3) is 0 Å². The number of nitrogens with one attached hydrogen (secondary N) is 1. The fourth-order valence-electron chi connectivity index (χ4n) is 0.948. The molecule has 0 saturated carbocycles. The van der Waals surface area contributed by atoms with Crippen molar-refractivity contribution in [2.45, 2.75) is 30.8 Å². The average molecular weight is 165 g/mol. The lowest BCUT2D eigenvalue weighted by atomic mass is 10.0. The van der Waals surface area contributed by atoms with Gasteiger partial charge < -0.3 is 25.5 Å². The van der Waals surface area contributed by atoms with E-state index in [1.54, 1.807) is 0 Å². The molecule has 0 bridgehead atoms. The van der Waals surface area contributed by atoms with Crippen LogP contribution in [0.15, 0.2) is 0 Å². The molecule has 0 spiro atoms. The van der Waals surface area contributed by atoms with Gasteiger partial charge in [0.15, 0.2) is 0 Å². The lowest BCUT2D eigenvalue weighted by molar-refractivity contribution is -0.193. The molecule has 0 aromatic carbocycles. The maximum atomic E-state index is 8.93. The predicted molar refractivity (Wildman–Crippen MR) is 33.2 cm³/mol. The molecular weight excluding hydrogens is 154 g/mol. The molecule has 0 aromatic heterocycles. The van der Waals surface area contributed by atoms with Crippen molar-refractivity contribution < 1.29 is 25.5 Å². The van der Waals surface area contributed by atoms with Gasteiger partial charge in [-0.2, -0.15) is 0 Å². The van der Waals surface area contributed by atoms with E-state index in [0.29, 0.717) is 0 Å². The molecule has 6 heteroatoms. The van der Waals surface area contributed by atoms with E-state index in [-0.39, 0.29) is 0 Å². The molecule has 3 unspecified atom stereocenters. The fourth-order valence-corrected chi connectivity index (χ4v) is 0.948. The highest BCUT2D eigenvalue weighted by Gasteiger charge is 2.40. The van der Waals surface area contributed by atoms with Crippen LogP contribution in [-0.2, 0) is 0 Å². The molecule has 6 nitrogen and oxygen atoms in total. The molecule has 5 atom stereocenters. The van der Waals surface area contributed by atoms with Crippen molar-refractivity contribution in [3.63, 3.8) is 0 Å². The number of aliphatic hydroxyl groups is 5. The second kappa shape index (κ2) is 3.02. The van der Waals surface area contributed by atoms with Gasteiger partial charge in [0.1, 0.15) is 30.8 Å². The van der Waals surface area contributed by atoms with Gasteiger partial charge >= 0.3 is 0 Å². The van der Waals surface area contributed by atoms with Crippen molar-refractivity contribution >= 4 is 0 Å². The van der Waals surface area contributed by atoms with Crippen LogP contribution in [-0.4, -0.2) is 56.3 Å². The van der Waals surface area contributed by atoms with E-state index < -0.39 is 30.8 Å². The summed E-state index contributed by atoms with van der Waals surface area (Å²) in [6, 6.07) is 0. The summed E-state index contributed by atoms with van der Waals surface area (Å²) in [6.45, 7) is 0. The molecule has 1 saturated heterocycles. The van der Waals surface area contributed by atoms with Crippen molar-refractivity contribution in [1.82, 2.24) is 5.32 Å². The summed E-state index contributed by atoms with van der Waals surface area (Å²) in [5.41, 5.74) is 0. The quantitative estimate of drug-likeness (QED) is 0.220. The summed E-state index contributed by atoms with van der Waals surface area (Å²) in [6.07, 6.45) is -7.31. The first-order valence-electron chi connectivity index (χ1n) is 3.20. The predicted octanol–water partition coefficient (Wildman–Crippen LogP) is -3.69. The van der Waals surface area contributed by atoms with Crippen LogP contribution >= 0.6 is 0 Å². The van der Waals surface area contributed by atoms with E-state index in [2.05, 4.69) is 5.32 Å². The zero-order chi connectivity index (χ0) is 8.59. The molecule has 1 aliphatic heterocycles. The van der Waals surface area contributed by atoms with Crippen LogP contribution in [0.1, 0.15) is 0 Å². The molecule has 1 fully saturated rings. The first-order valence-corrected chi connectivity index (χ1v) is 3.20. The van der Waals surface area contributed by atoms with Crippen LogP contribution in [0.2, 0.25) is 0 Å². The minimum absolute atomic E-state index is 1.41. The Morgan fingerprint density at radius 3 is 1.36 bits per heavy atom. The third-order valence-corrected chi connectivity index (χ3v) is 1.69. The van der Waals surface area contributed by atoms with E-state index >= 15 is 0 Å². The van der Waals surface area contributed by atoms with E-state index in [1.807, 2.05) is 0 Å². The maximum Gasteiger partial charge on any atom is 0.135 e. The molecule has 0 aliphatic carbocycles. The van der Waals surface area contributed by atoms with Crippen LogP contribution in [0.3, 0.4) is 0 Å². The summed E-state index contributed by atoms with van der Waals surface area (Å²) in [5.74, 6) is 0. The zero-order valence-corrected chi connectivity index (χ0v) is 5.62. The molecule has 0 radical (unpaired) electrons. The van der Waals surface area contributed by atoms with Crippen LogP contribution in [0, 0.1) is 0 Å². The zero-order valence-electron chi connectivity index (χ0n) is 5.62. The summed E-state index contributed by atoms with van der Waals surface area (Å²) in [7, 11) is 0. The summed E-state index contributed by atoms with van der Waals surface area (Å²) >= 11 is 0. The Bertz CT molecular complexity index is 129. The average Bonchev–Trinajstić information content (AvgIpc) is 1.97. The Hall–Kier alpha value is -0.240. The first-order chi connectivity index (χ1) is 5.04. The molecule has 11 heavy (non-hydrogen) atoms. The summed E-state index contributed by atoms with van der Waals surface area (Å²) in [4.78, 5) is 0. The molecule has 0 aromatic rings. The largest absolute Gasteiger partial charge is 0.387 e. The highest BCUT2D eigenvalue weighted by molar-refractivity contribution is 4.89. The van der Waals surface area contributed by atoms with E-state index in [4.69, 9.17) is 25.5 Å². The topological polar surface area (TPSA) is 113 Å². The molecule has 66 valence electrons. The molecule has 6 N–H and O–H groups in total. The van der Waals surface area contributed by atoms with Gasteiger partial charge in [-0.25, -0.2) is 0 Å². The molecule has 0 amide bonds. The molecule has 1 aliphatic rings. The van der Waals surface area contributed by atoms with Gasteiger partial charge in [-0.1, -0.05) is 0 Å². The standard InChI is InChI=1S/C5H11NO5/c7-1-2(8)4(10)6-5(11)3(1)9/h1-11H/t1?,2-,3+,4?,5?. The Kier molecular flexibility index (Phi) is 2.43. The summed E-state index contributed by atoms with van der Waals surface area (Å²) < 4.78 is 0. The molecular formula is C5H11NO5. The van der Waals surface area contributed by atoms with Gasteiger partial charge in [0.25, 0.3) is 0 Å². The number of rotatable bonds is 0. The fraction of sp³-hybridized carbons (Fsp3) is 1.00. The minimum Gasteiger partial charge on any atom is -0.387 e. The van der Waals surface area contributed by atoms with E-state index in [0.717, 1.165) is 0 Å². The monoisotopic (exact) mass is 165 g/mol. The van der Waals surface area contributed by atoms with Crippen LogP contribution < -0.4 is 5.32 Å². The third kappa shape index (κ3) is 1.51. The van der Waals surface area contributed by atoms with Crippen molar-refractivity contribution in [2.24, 2.45) is 0 Å². The lowest BCUT2D eigenvalue weighted by Gasteiger charge is -2.36. The normalized spacial score (nSPS) is 52.6. The van der Waals surface area contributed by atoms with Gasteiger partial charge in [-0.3, -0.25) is 5.32 Å². The smallest absolute Gasteiger partial charge is 0.135 e. The van der Waals surface area contributed by atoms with Crippen LogP contribution in [0.4, 0.5) is 0 Å². The Balaban J connectivity index is 2.63. The van der Waals surface area contributed by atoms with Crippen molar-refractivity contribution in [3.8, 4) is 0 Å². The Morgan fingerprint density at radius 1 is 0.636 bits per heavy atom. The Labute approximate surface area is 62.7 Å². The number of aliphatic hydroxyl groups excluding tert-OH is 5. The van der Waals surface area contributed by atoms with Gasteiger partial charge in [-0.15, -0.1) is 0 Å². The minimum atomic E-state index is -1.53. The van der Waals surface area contributed by atoms with E-state index in [1.165, 1.54) is 0 Å². The Morgan fingerprint density at radius 2 is 1.00 bits per heavy atom. The van der Waals surface area contributed by atoms with Crippen molar-refractivity contribution in [3.05, 3.63) is 0 Å². The second-order valence-corrected chi connectivity index (χ2v) is 2.53. The van der Waals surface area contributed by atoms with E-state index in [9.17, 15) is 0 Å². The van der Waals surface area contributed by atoms with Gasteiger partial charge in [0.05, 0.1) is 0 Å². The second-order valence-electron chi connectivity index (χ2n) is 2.53. The van der Waals surface area contributed by atoms with Crippen molar-refractivity contribution in [2.75, 3.05) is 0 Å². The molecule has 1 rings (SSSR count). The number of piperidine rings is 1. The number of hydrogen-bond donors (Lipinski definition) is 6. The maximum absolute atomic E-state index is 8.93. The highest BCUT2D eigenvalue weighted by Crippen LogP contribution is 2.11. The lowest BCUT2D eigenvalue weighted by Crippen LogP contribution is -2.64. The van der Waals surface area contributed by atoms with Gasteiger partial charge in [0, 0.05) is 0 Å². The highest BCUT2D eigenvalue weighted by atomic mass is 16.4. The SMILES string of the molecule is OC1NC(O)[C@H](O)C(O)[C@@H]1O. The molecule has 1 heterocycles. The summed E-state index contributed by atoms with van der Waals surface area (Å²) in [5, 5.41) is 46.5. The number of hydrogen-bond acceptors (Lipinski definition) is 6.